The van der Waals surface area contributed by atoms with Crippen molar-refractivity contribution < 1.29 is 4.42 Å². The summed E-state index contributed by atoms with van der Waals surface area (Å²) in [7, 11) is 0. The third-order valence-corrected chi connectivity index (χ3v) is 4.28. The zero-order chi connectivity index (χ0) is 13.2. The summed E-state index contributed by atoms with van der Waals surface area (Å²) in [5, 5.41) is 4.49. The van der Waals surface area contributed by atoms with E-state index in [0.717, 1.165) is 23.6 Å². The molecule has 1 aliphatic rings. The second kappa shape index (κ2) is 5.40. The molecule has 0 amide bonds. The predicted octanol–water partition coefficient (Wildman–Crippen LogP) is 4.53. The largest absolute Gasteiger partial charge is 0.468 e. The molecule has 0 spiro atoms. The maximum atomic E-state index is 6.23. The van der Waals surface area contributed by atoms with E-state index in [2.05, 4.69) is 24.4 Å². The van der Waals surface area contributed by atoms with Crippen molar-refractivity contribution in [2.24, 2.45) is 0 Å². The van der Waals surface area contributed by atoms with Crippen LogP contribution in [0, 0.1) is 0 Å². The van der Waals surface area contributed by atoms with Gasteiger partial charge in [-0.1, -0.05) is 29.8 Å². The minimum atomic E-state index is 0.271. The summed E-state index contributed by atoms with van der Waals surface area (Å²) < 4.78 is 5.41. The van der Waals surface area contributed by atoms with E-state index < -0.39 is 0 Å². The molecule has 1 N–H and O–H groups in total. The van der Waals surface area contributed by atoms with Crippen LogP contribution in [0.3, 0.4) is 0 Å². The number of hydrogen-bond donors (Lipinski definition) is 1. The molecule has 1 heterocycles. The lowest BCUT2D eigenvalue weighted by Crippen LogP contribution is -2.41. The number of rotatable bonds is 4. The van der Waals surface area contributed by atoms with Crippen molar-refractivity contribution in [2.75, 3.05) is 0 Å². The quantitative estimate of drug-likeness (QED) is 0.887. The number of benzene rings is 1. The van der Waals surface area contributed by atoms with Gasteiger partial charge in [-0.2, -0.15) is 0 Å². The van der Waals surface area contributed by atoms with E-state index in [0.29, 0.717) is 12.0 Å². The van der Waals surface area contributed by atoms with Crippen LogP contribution < -0.4 is 5.32 Å². The lowest BCUT2D eigenvalue weighted by atomic mass is 9.75. The Bertz CT molecular complexity index is 531. The van der Waals surface area contributed by atoms with Crippen LogP contribution in [0.4, 0.5) is 0 Å². The van der Waals surface area contributed by atoms with Gasteiger partial charge in [0.15, 0.2) is 0 Å². The highest BCUT2D eigenvalue weighted by molar-refractivity contribution is 6.31. The van der Waals surface area contributed by atoms with Crippen LogP contribution in [0.25, 0.3) is 0 Å². The maximum absolute atomic E-state index is 6.23. The fourth-order valence-corrected chi connectivity index (χ4v) is 3.08. The number of furan rings is 1. The molecular formula is C16H18ClNO. The van der Waals surface area contributed by atoms with Crippen molar-refractivity contribution in [1.29, 1.82) is 0 Å². The molecule has 1 aliphatic carbocycles. The molecule has 100 valence electrons. The molecule has 0 radical (unpaired) electrons. The molecule has 0 aliphatic heterocycles. The van der Waals surface area contributed by atoms with Gasteiger partial charge in [0.25, 0.3) is 0 Å². The van der Waals surface area contributed by atoms with Crippen molar-refractivity contribution in [3.8, 4) is 0 Å². The van der Waals surface area contributed by atoms with Crippen LogP contribution in [0.1, 0.15) is 43.0 Å². The number of nitrogens with one attached hydrogen (secondary N) is 1. The smallest absolute Gasteiger partial charge is 0.120 e. The Kier molecular flexibility index (Phi) is 3.63. The molecule has 19 heavy (non-hydrogen) atoms. The summed E-state index contributed by atoms with van der Waals surface area (Å²) in [4.78, 5) is 0. The topological polar surface area (TPSA) is 25.2 Å². The summed E-state index contributed by atoms with van der Waals surface area (Å²) in [5.41, 5.74) is 1.29. The van der Waals surface area contributed by atoms with E-state index in [4.69, 9.17) is 16.0 Å². The Morgan fingerprint density at radius 1 is 1.21 bits per heavy atom. The van der Waals surface area contributed by atoms with Crippen LogP contribution in [-0.2, 0) is 0 Å². The predicted molar refractivity (Wildman–Crippen MR) is 77.5 cm³/mol. The zero-order valence-electron chi connectivity index (χ0n) is 11.0. The first-order chi connectivity index (χ1) is 9.24. The standard InChI is InChI=1S/C16H18ClNO/c1-11(16-7-4-8-19-16)18-13-9-12(10-13)14-5-2-3-6-15(14)17/h2-8,11-13,18H,9-10H2,1H3. The SMILES string of the molecule is CC(NC1CC(c2ccccc2Cl)C1)c1ccco1. The molecule has 2 aromatic rings. The Labute approximate surface area is 118 Å². The Hall–Kier alpha value is -1.25. The summed E-state index contributed by atoms with van der Waals surface area (Å²) in [6.07, 6.45) is 4.02. The first-order valence-corrected chi connectivity index (χ1v) is 7.15. The van der Waals surface area contributed by atoms with E-state index in [-0.39, 0.29) is 6.04 Å². The summed E-state index contributed by atoms with van der Waals surface area (Å²) in [5.74, 6) is 1.59. The molecule has 3 heteroatoms. The first-order valence-electron chi connectivity index (χ1n) is 6.78. The van der Waals surface area contributed by atoms with Crippen LogP contribution in [0.5, 0.6) is 0 Å². The summed E-state index contributed by atoms with van der Waals surface area (Å²) >= 11 is 6.23. The number of hydrogen-bond acceptors (Lipinski definition) is 2. The summed E-state index contributed by atoms with van der Waals surface area (Å²) in [6.45, 7) is 2.14. The van der Waals surface area contributed by atoms with E-state index in [1.165, 1.54) is 5.56 Å². The lowest BCUT2D eigenvalue weighted by Gasteiger charge is -2.38. The fourth-order valence-electron chi connectivity index (χ4n) is 2.79. The average molecular weight is 276 g/mol. The zero-order valence-corrected chi connectivity index (χ0v) is 11.7. The van der Waals surface area contributed by atoms with Gasteiger partial charge in [0, 0.05) is 11.1 Å². The van der Waals surface area contributed by atoms with Gasteiger partial charge in [-0.3, -0.25) is 0 Å². The second-order valence-electron chi connectivity index (χ2n) is 5.29. The van der Waals surface area contributed by atoms with Gasteiger partial charge in [-0.25, -0.2) is 0 Å². The molecule has 1 fully saturated rings. The molecule has 2 nitrogen and oxygen atoms in total. The van der Waals surface area contributed by atoms with Crippen molar-refractivity contribution >= 4 is 11.6 Å². The molecule has 3 rings (SSSR count). The minimum absolute atomic E-state index is 0.271. The highest BCUT2D eigenvalue weighted by atomic mass is 35.5. The molecule has 0 saturated heterocycles. The van der Waals surface area contributed by atoms with E-state index in [1.807, 2.05) is 24.3 Å². The third-order valence-electron chi connectivity index (χ3n) is 3.94. The normalized spacial score (nSPS) is 23.9. The van der Waals surface area contributed by atoms with Gasteiger partial charge in [0.2, 0.25) is 0 Å². The van der Waals surface area contributed by atoms with Crippen LogP contribution in [0.2, 0.25) is 5.02 Å². The van der Waals surface area contributed by atoms with Crippen molar-refractivity contribution in [2.45, 2.75) is 37.8 Å². The van der Waals surface area contributed by atoms with Gasteiger partial charge in [-0.15, -0.1) is 0 Å². The molecule has 1 saturated carbocycles. The van der Waals surface area contributed by atoms with E-state index >= 15 is 0 Å². The van der Waals surface area contributed by atoms with Crippen molar-refractivity contribution in [1.82, 2.24) is 5.32 Å². The minimum Gasteiger partial charge on any atom is -0.468 e. The van der Waals surface area contributed by atoms with Crippen LogP contribution >= 0.6 is 11.6 Å². The molecule has 0 bridgehead atoms. The molecule has 1 atom stereocenters. The highest BCUT2D eigenvalue weighted by Gasteiger charge is 2.32. The van der Waals surface area contributed by atoms with Gasteiger partial charge in [0.05, 0.1) is 12.3 Å². The molecule has 1 aromatic heterocycles. The average Bonchev–Trinajstić information content (AvgIpc) is 2.88. The maximum Gasteiger partial charge on any atom is 0.120 e. The first kappa shape index (κ1) is 12.8. The molecule has 1 unspecified atom stereocenters. The van der Waals surface area contributed by atoms with Gasteiger partial charge in [-0.05, 0) is 49.4 Å². The van der Waals surface area contributed by atoms with E-state index in [1.54, 1.807) is 6.26 Å². The van der Waals surface area contributed by atoms with Crippen molar-refractivity contribution in [3.63, 3.8) is 0 Å². The van der Waals surface area contributed by atoms with Crippen LogP contribution in [-0.4, -0.2) is 6.04 Å². The van der Waals surface area contributed by atoms with Gasteiger partial charge in [0.1, 0.15) is 5.76 Å². The van der Waals surface area contributed by atoms with Crippen molar-refractivity contribution in [3.05, 3.63) is 59.0 Å². The third kappa shape index (κ3) is 2.70. The van der Waals surface area contributed by atoms with E-state index in [9.17, 15) is 0 Å². The molecule has 1 aromatic carbocycles. The lowest BCUT2D eigenvalue weighted by molar-refractivity contribution is 0.258. The monoisotopic (exact) mass is 275 g/mol. The second-order valence-corrected chi connectivity index (χ2v) is 5.70. The summed E-state index contributed by atoms with van der Waals surface area (Å²) in [6, 6.07) is 12.9. The fraction of sp³-hybridized carbons (Fsp3) is 0.375. The number of halogens is 1. The van der Waals surface area contributed by atoms with Gasteiger partial charge < -0.3 is 9.73 Å². The molecular weight excluding hydrogens is 258 g/mol. The Morgan fingerprint density at radius 3 is 2.68 bits per heavy atom. The Morgan fingerprint density at radius 2 is 2.00 bits per heavy atom. The Balaban J connectivity index is 1.55. The van der Waals surface area contributed by atoms with Crippen LogP contribution in [0.15, 0.2) is 47.1 Å². The highest BCUT2D eigenvalue weighted by Crippen LogP contribution is 2.40. The van der Waals surface area contributed by atoms with Gasteiger partial charge >= 0.3 is 0 Å².